The van der Waals surface area contributed by atoms with Crippen molar-refractivity contribution in [2.45, 2.75) is 4.90 Å². The smallest absolute Gasteiger partial charge is 0.268 e. The molecule has 1 heterocycles. The third-order valence-electron chi connectivity index (χ3n) is 3.29. The Hall–Kier alpha value is -1.87. The van der Waals surface area contributed by atoms with Crippen molar-refractivity contribution in [1.82, 2.24) is 3.97 Å². The molecule has 3 rings (SSSR count). The van der Waals surface area contributed by atoms with E-state index in [1.807, 2.05) is 22.6 Å². The van der Waals surface area contributed by atoms with E-state index in [1.165, 1.54) is 12.1 Å². The first kappa shape index (κ1) is 15.0. The van der Waals surface area contributed by atoms with Crippen molar-refractivity contribution in [3.63, 3.8) is 0 Å². The second-order valence-corrected chi connectivity index (χ2v) is 7.49. The van der Waals surface area contributed by atoms with Crippen molar-refractivity contribution in [3.8, 4) is 0 Å². The maximum Gasteiger partial charge on any atom is 0.268 e. The van der Waals surface area contributed by atoms with Gasteiger partial charge in [0.1, 0.15) is 5.69 Å². The summed E-state index contributed by atoms with van der Waals surface area (Å²) in [5.74, 6) is -0.778. The quantitative estimate of drug-likeness (QED) is 0.654. The van der Waals surface area contributed by atoms with Crippen LogP contribution < -0.4 is 5.73 Å². The molecule has 0 radical (unpaired) electrons. The zero-order valence-electron chi connectivity index (χ0n) is 11.2. The second-order valence-electron chi connectivity index (χ2n) is 4.63. The molecule has 7 heteroatoms. The number of hydrogen-bond donors (Lipinski definition) is 1. The minimum Gasteiger partial charge on any atom is -0.364 e. The maximum absolute atomic E-state index is 12.9. The molecule has 0 aliphatic rings. The van der Waals surface area contributed by atoms with Gasteiger partial charge in [0.25, 0.3) is 15.9 Å². The van der Waals surface area contributed by atoms with Crippen LogP contribution in [0.1, 0.15) is 10.5 Å². The van der Waals surface area contributed by atoms with Gasteiger partial charge in [-0.15, -0.1) is 0 Å². The van der Waals surface area contributed by atoms with Crippen molar-refractivity contribution >= 4 is 49.4 Å². The van der Waals surface area contributed by atoms with Crippen LogP contribution in [0.4, 0.5) is 0 Å². The molecule has 0 spiro atoms. The molecule has 0 fully saturated rings. The lowest BCUT2D eigenvalue weighted by atomic mass is 10.2. The van der Waals surface area contributed by atoms with Crippen LogP contribution in [0, 0.1) is 3.57 Å². The molecule has 0 atom stereocenters. The number of para-hydroxylation sites is 1. The summed E-state index contributed by atoms with van der Waals surface area (Å²) in [5.41, 5.74) is 5.84. The Balaban J connectivity index is 2.45. The Morgan fingerprint density at radius 3 is 2.23 bits per heavy atom. The molecular weight excluding hydrogens is 415 g/mol. The highest BCUT2D eigenvalue weighted by Crippen LogP contribution is 2.31. The van der Waals surface area contributed by atoms with Crippen LogP contribution in [0.5, 0.6) is 0 Å². The summed E-state index contributed by atoms with van der Waals surface area (Å²) in [6.07, 6.45) is 0. The summed E-state index contributed by atoms with van der Waals surface area (Å²) in [6, 6.07) is 14.9. The minimum atomic E-state index is -3.91. The number of benzene rings is 2. The van der Waals surface area contributed by atoms with Gasteiger partial charge in [-0.3, -0.25) is 4.79 Å². The lowest BCUT2D eigenvalue weighted by Crippen LogP contribution is -2.23. The van der Waals surface area contributed by atoms with Crippen molar-refractivity contribution in [2.24, 2.45) is 5.73 Å². The monoisotopic (exact) mass is 426 g/mol. The number of rotatable bonds is 3. The molecule has 0 unspecified atom stereocenters. The first-order valence-corrected chi connectivity index (χ1v) is 8.86. The standard InChI is InChI=1S/C15H11IN2O3S/c16-13-11-8-4-5-9-12(11)18(14(13)15(17)19)22(20,21)10-6-2-1-3-7-10/h1-9H,(H2,17,19). The molecule has 0 saturated heterocycles. The predicted octanol–water partition coefficient (Wildman–Crippen LogP) is 2.58. The molecule has 1 aromatic heterocycles. The summed E-state index contributed by atoms with van der Waals surface area (Å²) >= 11 is 1.95. The van der Waals surface area contributed by atoms with Gasteiger partial charge in [-0.25, -0.2) is 12.4 Å². The van der Waals surface area contributed by atoms with E-state index in [1.54, 1.807) is 42.5 Å². The molecule has 0 saturated carbocycles. The van der Waals surface area contributed by atoms with Gasteiger partial charge >= 0.3 is 0 Å². The molecule has 0 aliphatic heterocycles. The van der Waals surface area contributed by atoms with Crippen LogP contribution in [0.3, 0.4) is 0 Å². The number of carbonyl (C=O) groups excluding carboxylic acids is 1. The topological polar surface area (TPSA) is 82.2 Å². The Bertz CT molecular complexity index is 979. The van der Waals surface area contributed by atoms with E-state index in [2.05, 4.69) is 0 Å². The van der Waals surface area contributed by atoms with Crippen LogP contribution >= 0.6 is 22.6 Å². The minimum absolute atomic E-state index is 0.0225. The van der Waals surface area contributed by atoms with E-state index in [-0.39, 0.29) is 10.6 Å². The fourth-order valence-electron chi connectivity index (χ4n) is 2.33. The number of amides is 1. The molecule has 3 aromatic rings. The van der Waals surface area contributed by atoms with E-state index < -0.39 is 15.9 Å². The van der Waals surface area contributed by atoms with Gasteiger partial charge in [0, 0.05) is 5.39 Å². The summed E-state index contributed by atoms with van der Waals surface area (Å²) < 4.78 is 27.4. The number of primary amides is 1. The van der Waals surface area contributed by atoms with Gasteiger partial charge in [-0.1, -0.05) is 36.4 Å². The van der Waals surface area contributed by atoms with Crippen LogP contribution in [-0.4, -0.2) is 18.3 Å². The first-order valence-electron chi connectivity index (χ1n) is 6.34. The van der Waals surface area contributed by atoms with Gasteiger partial charge in [0.15, 0.2) is 0 Å². The van der Waals surface area contributed by atoms with Crippen molar-refractivity contribution in [1.29, 1.82) is 0 Å². The number of halogens is 1. The van der Waals surface area contributed by atoms with Crippen LogP contribution in [-0.2, 0) is 10.0 Å². The summed E-state index contributed by atoms with van der Waals surface area (Å²) in [4.78, 5) is 11.9. The average Bonchev–Trinajstić information content (AvgIpc) is 2.82. The zero-order chi connectivity index (χ0) is 15.9. The van der Waals surface area contributed by atoms with Gasteiger partial charge in [0.2, 0.25) is 0 Å². The fourth-order valence-corrected chi connectivity index (χ4v) is 5.01. The molecule has 2 aromatic carbocycles. The van der Waals surface area contributed by atoms with Crippen molar-refractivity contribution in [2.75, 3.05) is 0 Å². The summed E-state index contributed by atoms with van der Waals surface area (Å²) in [6.45, 7) is 0. The molecule has 1 amide bonds. The summed E-state index contributed by atoms with van der Waals surface area (Å²) in [7, 11) is -3.91. The molecule has 22 heavy (non-hydrogen) atoms. The van der Waals surface area contributed by atoms with E-state index in [0.717, 1.165) is 3.97 Å². The molecule has 0 aliphatic carbocycles. The largest absolute Gasteiger partial charge is 0.364 e. The maximum atomic E-state index is 12.9. The fraction of sp³-hybridized carbons (Fsp3) is 0. The average molecular weight is 426 g/mol. The van der Waals surface area contributed by atoms with Gasteiger partial charge in [-0.05, 0) is 40.8 Å². The Kier molecular flexibility index (Phi) is 3.69. The number of aromatic nitrogens is 1. The molecule has 5 nitrogen and oxygen atoms in total. The lowest BCUT2D eigenvalue weighted by molar-refractivity contribution is 0.0994. The predicted molar refractivity (Wildman–Crippen MR) is 92.2 cm³/mol. The molecule has 0 bridgehead atoms. The SMILES string of the molecule is NC(=O)c1c(I)c2ccccc2n1S(=O)(=O)c1ccccc1. The Morgan fingerprint density at radius 1 is 1.00 bits per heavy atom. The number of nitrogens with zero attached hydrogens (tertiary/aromatic N) is 1. The van der Waals surface area contributed by atoms with Crippen LogP contribution in [0.2, 0.25) is 0 Å². The Labute approximate surface area is 140 Å². The van der Waals surface area contributed by atoms with E-state index in [4.69, 9.17) is 5.73 Å². The number of fused-ring (bicyclic) bond motifs is 1. The highest BCUT2D eigenvalue weighted by molar-refractivity contribution is 14.1. The zero-order valence-corrected chi connectivity index (χ0v) is 14.2. The van der Waals surface area contributed by atoms with E-state index in [9.17, 15) is 13.2 Å². The highest BCUT2D eigenvalue weighted by atomic mass is 127. The second kappa shape index (κ2) is 5.40. The molecule has 2 N–H and O–H groups in total. The third kappa shape index (κ3) is 2.20. The number of hydrogen-bond acceptors (Lipinski definition) is 3. The lowest BCUT2D eigenvalue weighted by Gasteiger charge is -2.10. The summed E-state index contributed by atoms with van der Waals surface area (Å²) in [5, 5.41) is 0.677. The molecule has 112 valence electrons. The van der Waals surface area contributed by atoms with Crippen LogP contribution in [0.25, 0.3) is 10.9 Å². The van der Waals surface area contributed by atoms with Crippen LogP contribution in [0.15, 0.2) is 59.5 Å². The van der Waals surface area contributed by atoms with Gasteiger partial charge in [-0.2, -0.15) is 0 Å². The third-order valence-corrected chi connectivity index (χ3v) is 6.10. The highest BCUT2D eigenvalue weighted by Gasteiger charge is 2.28. The number of nitrogens with two attached hydrogens (primary N) is 1. The van der Waals surface area contributed by atoms with Crippen molar-refractivity contribution < 1.29 is 13.2 Å². The normalized spacial score (nSPS) is 11.7. The Morgan fingerprint density at radius 2 is 1.59 bits per heavy atom. The van der Waals surface area contributed by atoms with Gasteiger partial charge in [0.05, 0.1) is 14.0 Å². The van der Waals surface area contributed by atoms with Gasteiger partial charge < -0.3 is 5.73 Å². The first-order chi connectivity index (χ1) is 10.4. The van der Waals surface area contributed by atoms with Crippen molar-refractivity contribution in [3.05, 3.63) is 63.9 Å². The van der Waals surface area contributed by atoms with E-state index in [0.29, 0.717) is 14.5 Å². The number of carbonyl (C=O) groups is 1. The molecular formula is C15H11IN2O3S. The van der Waals surface area contributed by atoms with E-state index >= 15 is 0 Å².